The molecular formula is C10H14N2O4S. The molecule has 94 valence electrons. The number of rotatable bonds is 1. The molecule has 1 spiro atoms. The van der Waals surface area contributed by atoms with E-state index in [2.05, 4.69) is 0 Å². The lowest BCUT2D eigenvalue weighted by Gasteiger charge is -2.35. The van der Waals surface area contributed by atoms with Gasteiger partial charge in [0, 0.05) is 19.6 Å². The van der Waals surface area contributed by atoms with Crippen LogP contribution in [0.15, 0.2) is 0 Å². The van der Waals surface area contributed by atoms with Crippen molar-refractivity contribution in [3.63, 3.8) is 0 Å². The van der Waals surface area contributed by atoms with Gasteiger partial charge in [0.05, 0.1) is 0 Å². The number of carboxylic acid groups (broad SMARTS) is 1. The summed E-state index contributed by atoms with van der Waals surface area (Å²) in [5.41, 5.74) is 0. The molecule has 1 unspecified atom stereocenters. The molecule has 3 amide bonds. The molecule has 6 nitrogen and oxygen atoms in total. The molecule has 17 heavy (non-hydrogen) atoms. The molecule has 1 atom stereocenters. The van der Waals surface area contributed by atoms with E-state index in [1.165, 1.54) is 9.80 Å². The highest BCUT2D eigenvalue weighted by Gasteiger charge is 2.54. The first-order valence-electron chi connectivity index (χ1n) is 5.53. The standard InChI is InChI=1S/C10H14N2O4S/c1-2-12-7(13)10(17-9(12)16)4-3-5-11(6-10)8(14)15/h2-6H2,1H3,(H,14,15). The van der Waals surface area contributed by atoms with Crippen LogP contribution in [-0.4, -0.2) is 56.5 Å². The molecule has 2 fully saturated rings. The largest absolute Gasteiger partial charge is 0.465 e. The Kier molecular flexibility index (Phi) is 3.03. The summed E-state index contributed by atoms with van der Waals surface area (Å²) in [6.45, 7) is 2.64. The van der Waals surface area contributed by atoms with Crippen LogP contribution < -0.4 is 0 Å². The molecule has 0 aromatic heterocycles. The highest BCUT2D eigenvalue weighted by Crippen LogP contribution is 2.43. The third-order valence-corrected chi connectivity index (χ3v) is 4.47. The Morgan fingerprint density at radius 1 is 1.53 bits per heavy atom. The molecule has 0 saturated carbocycles. The van der Waals surface area contributed by atoms with E-state index >= 15 is 0 Å². The zero-order valence-electron chi connectivity index (χ0n) is 9.51. The predicted octanol–water partition coefficient (Wildman–Crippen LogP) is 1.21. The summed E-state index contributed by atoms with van der Waals surface area (Å²) in [5.74, 6) is -0.235. The van der Waals surface area contributed by atoms with Gasteiger partial charge in [-0.2, -0.15) is 0 Å². The number of likely N-dealkylation sites (tertiary alicyclic amines) is 1. The average Bonchev–Trinajstić information content (AvgIpc) is 2.50. The molecule has 0 aromatic rings. The SMILES string of the molecule is CCN1C(=O)SC2(CCCN(C(=O)O)C2)C1=O. The van der Waals surface area contributed by atoms with Crippen LogP contribution in [0.2, 0.25) is 0 Å². The van der Waals surface area contributed by atoms with E-state index in [1.807, 2.05) is 0 Å². The van der Waals surface area contributed by atoms with E-state index in [0.29, 0.717) is 25.9 Å². The molecule has 0 bridgehead atoms. The first-order valence-corrected chi connectivity index (χ1v) is 6.34. The van der Waals surface area contributed by atoms with Crippen LogP contribution >= 0.6 is 11.8 Å². The summed E-state index contributed by atoms with van der Waals surface area (Å²) >= 11 is 0.983. The van der Waals surface area contributed by atoms with Crippen molar-refractivity contribution in [2.24, 2.45) is 0 Å². The highest BCUT2D eigenvalue weighted by atomic mass is 32.2. The Bertz CT molecular complexity index is 387. The summed E-state index contributed by atoms with van der Waals surface area (Å²) in [7, 11) is 0. The van der Waals surface area contributed by atoms with Crippen molar-refractivity contribution in [3.05, 3.63) is 0 Å². The second kappa shape index (κ2) is 4.21. The third-order valence-electron chi connectivity index (χ3n) is 3.18. The van der Waals surface area contributed by atoms with E-state index < -0.39 is 10.8 Å². The molecule has 7 heteroatoms. The molecule has 2 aliphatic rings. The lowest BCUT2D eigenvalue weighted by Crippen LogP contribution is -2.52. The van der Waals surface area contributed by atoms with Gasteiger partial charge in [0.2, 0.25) is 5.91 Å². The van der Waals surface area contributed by atoms with Crippen LogP contribution in [0, 0.1) is 0 Å². The second-order valence-corrected chi connectivity index (χ2v) is 5.55. The van der Waals surface area contributed by atoms with Crippen molar-refractivity contribution in [3.8, 4) is 0 Å². The number of hydrogen-bond donors (Lipinski definition) is 1. The Morgan fingerprint density at radius 3 is 2.76 bits per heavy atom. The average molecular weight is 258 g/mol. The van der Waals surface area contributed by atoms with E-state index in [-0.39, 0.29) is 17.7 Å². The van der Waals surface area contributed by atoms with Gasteiger partial charge in [0.15, 0.2) is 0 Å². The number of hydrogen-bond acceptors (Lipinski definition) is 4. The number of imide groups is 1. The van der Waals surface area contributed by atoms with Gasteiger partial charge in [-0.3, -0.25) is 14.5 Å². The van der Waals surface area contributed by atoms with Gasteiger partial charge in [-0.25, -0.2) is 4.79 Å². The minimum atomic E-state index is -1.03. The van der Waals surface area contributed by atoms with Crippen molar-refractivity contribution in [2.75, 3.05) is 19.6 Å². The monoisotopic (exact) mass is 258 g/mol. The number of nitrogens with zero attached hydrogens (tertiary/aromatic N) is 2. The maximum Gasteiger partial charge on any atom is 0.407 e. The molecule has 2 aliphatic heterocycles. The van der Waals surface area contributed by atoms with Crippen molar-refractivity contribution in [1.29, 1.82) is 0 Å². The van der Waals surface area contributed by atoms with Crippen molar-refractivity contribution >= 4 is 29.0 Å². The quantitative estimate of drug-likeness (QED) is 0.765. The number of carbonyl (C=O) groups is 3. The minimum absolute atomic E-state index is 0.119. The summed E-state index contributed by atoms with van der Waals surface area (Å²) in [6, 6.07) is 0. The molecule has 1 N–H and O–H groups in total. The number of amides is 3. The van der Waals surface area contributed by atoms with E-state index in [1.54, 1.807) is 6.92 Å². The number of carbonyl (C=O) groups excluding carboxylic acids is 2. The fourth-order valence-electron chi connectivity index (χ4n) is 2.31. The topological polar surface area (TPSA) is 77.9 Å². The maximum absolute atomic E-state index is 12.2. The van der Waals surface area contributed by atoms with Crippen LogP contribution in [0.1, 0.15) is 19.8 Å². The molecular weight excluding hydrogens is 244 g/mol. The van der Waals surface area contributed by atoms with Crippen LogP contribution in [0.25, 0.3) is 0 Å². The fourth-order valence-corrected chi connectivity index (χ4v) is 3.63. The molecule has 2 heterocycles. The maximum atomic E-state index is 12.2. The number of thioether (sulfide) groups is 1. The van der Waals surface area contributed by atoms with Gasteiger partial charge in [0.1, 0.15) is 4.75 Å². The van der Waals surface area contributed by atoms with Gasteiger partial charge >= 0.3 is 6.09 Å². The summed E-state index contributed by atoms with van der Waals surface area (Å²) in [6.07, 6.45) is 0.165. The molecule has 0 radical (unpaired) electrons. The predicted molar refractivity (Wildman–Crippen MR) is 61.9 cm³/mol. The molecule has 0 aromatic carbocycles. The van der Waals surface area contributed by atoms with Crippen molar-refractivity contribution < 1.29 is 19.5 Å². The smallest absolute Gasteiger partial charge is 0.407 e. The summed E-state index contributed by atoms with van der Waals surface area (Å²) in [4.78, 5) is 37.2. The van der Waals surface area contributed by atoms with Gasteiger partial charge in [-0.05, 0) is 31.5 Å². The van der Waals surface area contributed by atoms with E-state index in [4.69, 9.17) is 5.11 Å². The number of piperidine rings is 1. The van der Waals surface area contributed by atoms with Gasteiger partial charge in [-0.15, -0.1) is 0 Å². The lowest BCUT2D eigenvalue weighted by atomic mass is 9.96. The zero-order chi connectivity index (χ0) is 12.6. The Balaban J connectivity index is 2.22. The van der Waals surface area contributed by atoms with Crippen molar-refractivity contribution in [2.45, 2.75) is 24.5 Å². The first-order chi connectivity index (χ1) is 8.00. The van der Waals surface area contributed by atoms with Crippen LogP contribution in [0.3, 0.4) is 0 Å². The van der Waals surface area contributed by atoms with Crippen LogP contribution in [-0.2, 0) is 4.79 Å². The van der Waals surface area contributed by atoms with Crippen molar-refractivity contribution in [1.82, 2.24) is 9.80 Å². The fraction of sp³-hybridized carbons (Fsp3) is 0.700. The normalized spacial score (nSPS) is 29.2. The first kappa shape index (κ1) is 12.2. The molecule has 2 rings (SSSR count). The van der Waals surface area contributed by atoms with Crippen LogP contribution in [0.5, 0.6) is 0 Å². The summed E-state index contributed by atoms with van der Waals surface area (Å²) < 4.78 is -0.871. The van der Waals surface area contributed by atoms with E-state index in [0.717, 1.165) is 11.8 Å². The molecule has 0 aliphatic carbocycles. The minimum Gasteiger partial charge on any atom is -0.465 e. The Morgan fingerprint density at radius 2 is 2.24 bits per heavy atom. The van der Waals surface area contributed by atoms with Gasteiger partial charge in [-0.1, -0.05) is 0 Å². The Labute approximate surface area is 103 Å². The second-order valence-electron chi connectivity index (χ2n) is 4.22. The molecule has 2 saturated heterocycles. The highest BCUT2D eigenvalue weighted by molar-refractivity contribution is 8.16. The van der Waals surface area contributed by atoms with Crippen LogP contribution in [0.4, 0.5) is 9.59 Å². The lowest BCUT2D eigenvalue weighted by molar-refractivity contribution is -0.130. The summed E-state index contributed by atoms with van der Waals surface area (Å²) in [5, 5.41) is 8.70. The zero-order valence-corrected chi connectivity index (χ0v) is 10.3. The van der Waals surface area contributed by atoms with Gasteiger partial charge in [0.25, 0.3) is 5.24 Å². The van der Waals surface area contributed by atoms with Gasteiger partial charge < -0.3 is 10.0 Å². The van der Waals surface area contributed by atoms with E-state index in [9.17, 15) is 14.4 Å². The third kappa shape index (κ3) is 1.88. The Hall–Kier alpha value is -1.24.